The fraction of sp³-hybridized carbons (Fsp3) is 0.143. The highest BCUT2D eigenvalue weighted by molar-refractivity contribution is 6.33. The molecule has 16 heteroatoms. The van der Waals surface area contributed by atoms with Gasteiger partial charge in [-0.1, -0.05) is 24.3 Å². The third kappa shape index (κ3) is 13.9. The van der Waals surface area contributed by atoms with Gasteiger partial charge in [0.25, 0.3) is 0 Å². The SMILES string of the molecule is COC(=O)c1ccc(C[n+]2ccc(-c3cc[n+](Cc4ccc(C(=O)OC)cc4)cc3)cc2)cc1.FB(F)F.FB(F)F.[F-].[F-]. The van der Waals surface area contributed by atoms with Crippen LogP contribution >= 0.6 is 0 Å². The van der Waals surface area contributed by atoms with E-state index in [0.29, 0.717) is 24.2 Å². The van der Waals surface area contributed by atoms with Crippen molar-refractivity contribution in [2.45, 2.75) is 13.1 Å². The van der Waals surface area contributed by atoms with Crippen LogP contribution in [0.4, 0.5) is 25.9 Å². The number of aromatic nitrogens is 2. The first kappa shape index (κ1) is 39.2. The van der Waals surface area contributed by atoms with Crippen molar-refractivity contribution < 1.29 is 63.5 Å². The number of hydrogen-bond donors (Lipinski definition) is 0. The highest BCUT2D eigenvalue weighted by Crippen LogP contribution is 2.16. The van der Waals surface area contributed by atoms with E-state index in [2.05, 4.69) is 33.4 Å². The van der Waals surface area contributed by atoms with Crippen LogP contribution in [0.5, 0.6) is 0 Å². The van der Waals surface area contributed by atoms with E-state index in [4.69, 9.17) is 9.47 Å². The molecule has 2 aromatic heterocycles. The number of carbonyl (C=O) groups is 2. The minimum Gasteiger partial charge on any atom is -1.00 e. The molecule has 0 saturated carbocycles. The zero-order valence-corrected chi connectivity index (χ0v) is 23.4. The molecule has 234 valence electrons. The van der Waals surface area contributed by atoms with Crippen LogP contribution in [0.1, 0.15) is 31.8 Å². The molecule has 6 nitrogen and oxygen atoms in total. The lowest BCUT2D eigenvalue weighted by Crippen LogP contribution is -3.00. The Kier molecular flexibility index (Phi) is 18.0. The molecule has 0 amide bonds. The molecule has 2 heterocycles. The predicted octanol–water partition coefficient (Wildman–Crippen LogP) is -0.634. The van der Waals surface area contributed by atoms with Crippen LogP contribution in [0.3, 0.4) is 0 Å². The Morgan fingerprint density at radius 1 is 0.545 bits per heavy atom. The van der Waals surface area contributed by atoms with Gasteiger partial charge in [0.1, 0.15) is 0 Å². The maximum absolute atomic E-state index is 11.6. The Labute approximate surface area is 249 Å². The van der Waals surface area contributed by atoms with E-state index < -0.39 is 15.1 Å². The van der Waals surface area contributed by atoms with E-state index in [-0.39, 0.29) is 21.3 Å². The van der Waals surface area contributed by atoms with Crippen molar-refractivity contribution >= 4 is 27.0 Å². The molecule has 0 aliphatic heterocycles. The average Bonchev–Trinajstić information content (AvgIpc) is 2.97. The maximum atomic E-state index is 11.6. The summed E-state index contributed by atoms with van der Waals surface area (Å²) in [6, 6.07) is 23.2. The monoisotopic (exact) mass is 628 g/mol. The molecular weight excluding hydrogens is 602 g/mol. The summed E-state index contributed by atoms with van der Waals surface area (Å²) in [6.07, 6.45) is 8.20. The number of nitrogens with zero attached hydrogens (tertiary/aromatic N) is 2. The molecule has 0 aliphatic carbocycles. The Balaban J connectivity index is 0.00000166. The molecule has 0 aliphatic rings. The lowest BCUT2D eigenvalue weighted by Gasteiger charge is -2.04. The maximum Gasteiger partial charge on any atom is 0.762 e. The topological polar surface area (TPSA) is 60.4 Å². The Morgan fingerprint density at radius 3 is 1.02 bits per heavy atom. The number of esters is 2. The second kappa shape index (κ2) is 20.2. The van der Waals surface area contributed by atoms with Gasteiger partial charge in [0.15, 0.2) is 37.9 Å². The van der Waals surface area contributed by atoms with Gasteiger partial charge in [-0.3, -0.25) is 25.9 Å². The Hall–Kier alpha value is -4.75. The van der Waals surface area contributed by atoms with E-state index in [9.17, 15) is 35.5 Å². The molecule has 44 heavy (non-hydrogen) atoms. The summed E-state index contributed by atoms with van der Waals surface area (Å²) in [6.45, 7) is 1.43. The van der Waals surface area contributed by atoms with Gasteiger partial charge in [0.05, 0.1) is 25.3 Å². The number of ether oxygens (including phenoxy) is 2. The number of hydrogen-bond acceptors (Lipinski definition) is 4. The second-order valence-electron chi connectivity index (χ2n) is 8.39. The molecule has 0 bridgehead atoms. The number of halogens is 8. The lowest BCUT2D eigenvalue weighted by molar-refractivity contribution is -0.688. The first-order valence-electron chi connectivity index (χ1n) is 12.2. The van der Waals surface area contributed by atoms with Crippen LogP contribution in [-0.2, 0) is 22.6 Å². The van der Waals surface area contributed by atoms with Gasteiger partial charge in [0, 0.05) is 35.4 Å². The summed E-state index contributed by atoms with van der Waals surface area (Å²) in [5.41, 5.74) is 5.56. The highest BCUT2D eigenvalue weighted by atomic mass is 19.4. The van der Waals surface area contributed by atoms with E-state index in [0.717, 1.165) is 22.3 Å². The van der Waals surface area contributed by atoms with Crippen molar-refractivity contribution in [2.24, 2.45) is 0 Å². The van der Waals surface area contributed by atoms with Crippen LogP contribution in [0, 0.1) is 0 Å². The molecule has 4 rings (SSSR count). The van der Waals surface area contributed by atoms with Gasteiger partial charge in [-0.25, -0.2) is 18.7 Å². The van der Waals surface area contributed by atoms with Crippen molar-refractivity contribution in [2.75, 3.05) is 14.2 Å². The highest BCUT2D eigenvalue weighted by Gasteiger charge is 2.10. The Morgan fingerprint density at radius 2 is 0.795 bits per heavy atom. The largest absolute Gasteiger partial charge is 1.00 e. The van der Waals surface area contributed by atoms with E-state index in [1.807, 2.05) is 49.1 Å². The predicted molar refractivity (Wildman–Crippen MR) is 144 cm³/mol. The number of benzene rings is 2. The second-order valence-corrected chi connectivity index (χ2v) is 8.39. The summed E-state index contributed by atoms with van der Waals surface area (Å²) in [4.78, 5) is 23.1. The number of rotatable bonds is 7. The van der Waals surface area contributed by atoms with Gasteiger partial charge in [0.2, 0.25) is 0 Å². The van der Waals surface area contributed by atoms with Crippen molar-refractivity contribution in [3.05, 3.63) is 120 Å². The van der Waals surface area contributed by atoms with Crippen LogP contribution in [0.25, 0.3) is 11.1 Å². The third-order valence-electron chi connectivity index (χ3n) is 5.60. The average molecular weight is 628 g/mol. The minimum absolute atomic E-state index is 0. The first-order chi connectivity index (χ1) is 20.0. The van der Waals surface area contributed by atoms with Crippen LogP contribution in [0.2, 0.25) is 0 Å². The normalized spacial score (nSPS) is 9.36. The van der Waals surface area contributed by atoms with Crippen LogP contribution in [0.15, 0.2) is 97.6 Å². The zero-order chi connectivity index (χ0) is 31.1. The molecule has 0 N–H and O–H groups in total. The molecule has 0 fully saturated rings. The van der Waals surface area contributed by atoms with Gasteiger partial charge in [-0.05, 0) is 35.4 Å². The summed E-state index contributed by atoms with van der Waals surface area (Å²) in [7, 11) is -4.57. The summed E-state index contributed by atoms with van der Waals surface area (Å²) in [5, 5.41) is 0. The Bertz CT molecular complexity index is 1290. The molecule has 0 radical (unpaired) electrons. The summed E-state index contributed by atoms with van der Waals surface area (Å²) >= 11 is 0. The zero-order valence-electron chi connectivity index (χ0n) is 23.4. The first-order valence-corrected chi connectivity index (χ1v) is 12.2. The van der Waals surface area contributed by atoms with E-state index in [1.165, 1.54) is 14.2 Å². The molecule has 0 spiro atoms. The lowest BCUT2D eigenvalue weighted by atomic mass is 10.1. The number of methoxy groups -OCH3 is 2. The van der Waals surface area contributed by atoms with Crippen molar-refractivity contribution in [3.63, 3.8) is 0 Å². The van der Waals surface area contributed by atoms with Gasteiger partial charge >= 0.3 is 27.0 Å². The van der Waals surface area contributed by atoms with Crippen LogP contribution < -0.4 is 18.5 Å². The molecule has 0 saturated heterocycles. The van der Waals surface area contributed by atoms with E-state index >= 15 is 0 Å². The van der Waals surface area contributed by atoms with Crippen molar-refractivity contribution in [3.8, 4) is 11.1 Å². The smallest absolute Gasteiger partial charge is 0.762 e. The molecule has 2 aromatic carbocycles. The molecule has 0 unspecified atom stereocenters. The van der Waals surface area contributed by atoms with Gasteiger partial charge in [-0.2, -0.15) is 0 Å². The van der Waals surface area contributed by atoms with Gasteiger partial charge in [-0.15, -0.1) is 0 Å². The van der Waals surface area contributed by atoms with Crippen molar-refractivity contribution in [1.82, 2.24) is 0 Å². The third-order valence-corrected chi connectivity index (χ3v) is 5.60. The standard InChI is InChI=1S/C28H26N2O4.2BF3.2FH/c1-33-27(31)25-7-3-21(4-8-25)19-29-15-11-23(12-16-29)24-13-17-30(18-14-24)20-22-5-9-26(10-6-22)28(32)34-2;2*2-1(3)4;;/h3-18H,19-20H2,1-2H3;;;2*1H/q+2;;;;/p-2. The minimum atomic E-state index is -3.67. The fourth-order valence-corrected chi connectivity index (χ4v) is 3.66. The van der Waals surface area contributed by atoms with Crippen molar-refractivity contribution in [1.29, 1.82) is 0 Å². The molecule has 0 atom stereocenters. The van der Waals surface area contributed by atoms with Gasteiger partial charge < -0.3 is 18.9 Å². The number of pyridine rings is 2. The fourth-order valence-electron chi connectivity index (χ4n) is 3.66. The van der Waals surface area contributed by atoms with E-state index in [1.54, 1.807) is 24.3 Å². The quantitative estimate of drug-likeness (QED) is 0.119. The molecular formula is C28H26B2F8N2O4. The molecule has 4 aromatic rings. The summed E-state index contributed by atoms with van der Waals surface area (Å²) < 4.78 is 71.7. The summed E-state index contributed by atoms with van der Waals surface area (Å²) in [5.74, 6) is -0.659. The van der Waals surface area contributed by atoms with Crippen LogP contribution in [-0.4, -0.2) is 41.2 Å². The number of carbonyl (C=O) groups excluding carboxylic acids is 2.